The third kappa shape index (κ3) is 3.98. The zero-order chi connectivity index (χ0) is 27.4. The van der Waals surface area contributed by atoms with Gasteiger partial charge in [0.2, 0.25) is 5.95 Å². The highest BCUT2D eigenvalue weighted by molar-refractivity contribution is 6.06. The van der Waals surface area contributed by atoms with Crippen molar-refractivity contribution in [2.24, 2.45) is 5.73 Å². The third-order valence-electron chi connectivity index (χ3n) is 8.10. The quantitative estimate of drug-likeness (QED) is 0.274. The maximum Gasteiger partial charge on any atom is 0.333 e. The lowest BCUT2D eigenvalue weighted by atomic mass is 10.0. The van der Waals surface area contributed by atoms with Crippen LogP contribution >= 0.6 is 0 Å². The summed E-state index contributed by atoms with van der Waals surface area (Å²) in [6.45, 7) is 3.61. The highest BCUT2D eigenvalue weighted by Gasteiger charge is 2.33. The molecule has 0 unspecified atom stereocenters. The number of benzene rings is 2. The highest BCUT2D eigenvalue weighted by Crippen LogP contribution is 2.36. The van der Waals surface area contributed by atoms with Crippen LogP contribution in [0.5, 0.6) is 0 Å². The fourth-order valence-electron chi connectivity index (χ4n) is 6.03. The molecule has 1 aliphatic heterocycles. The first-order valence-corrected chi connectivity index (χ1v) is 14.0. The van der Waals surface area contributed by atoms with E-state index in [-0.39, 0.29) is 29.9 Å². The molecule has 1 atom stereocenters. The molecule has 4 heterocycles. The maximum absolute atomic E-state index is 14.3. The van der Waals surface area contributed by atoms with Crippen molar-refractivity contribution in [1.82, 2.24) is 23.7 Å². The Morgan fingerprint density at radius 3 is 2.45 bits per heavy atom. The number of nitrogens with two attached hydrogens (primary N) is 1. The second-order valence-corrected chi connectivity index (χ2v) is 10.8. The number of fused-ring (bicyclic) bond motifs is 4. The van der Waals surface area contributed by atoms with E-state index in [9.17, 15) is 9.59 Å². The molecule has 202 valence electrons. The summed E-state index contributed by atoms with van der Waals surface area (Å²) < 4.78 is 4.95. The Labute approximate surface area is 230 Å². The molecule has 40 heavy (non-hydrogen) atoms. The van der Waals surface area contributed by atoms with Crippen molar-refractivity contribution in [3.63, 3.8) is 0 Å². The third-order valence-corrected chi connectivity index (χ3v) is 8.10. The van der Waals surface area contributed by atoms with Crippen LogP contribution in [0.3, 0.4) is 0 Å². The van der Waals surface area contributed by atoms with Gasteiger partial charge in [0.05, 0.1) is 24.3 Å². The van der Waals surface area contributed by atoms with Crippen molar-refractivity contribution in [2.75, 3.05) is 18.0 Å². The SMILES string of the molecule is CC#CCn1c(N2CCC[C@@H](N)C2)nc2c1c(=O)n(Cc1nc3ccccc3c3ccccc13)c(=O)n2C1CC1. The Morgan fingerprint density at radius 2 is 1.70 bits per heavy atom. The maximum atomic E-state index is 14.3. The van der Waals surface area contributed by atoms with E-state index in [1.165, 1.54) is 4.57 Å². The monoisotopic (exact) mass is 533 g/mol. The summed E-state index contributed by atoms with van der Waals surface area (Å²) >= 11 is 0. The molecule has 1 saturated heterocycles. The van der Waals surface area contributed by atoms with Gasteiger partial charge in [0.1, 0.15) is 0 Å². The number of aromatic nitrogens is 5. The molecule has 1 aliphatic carbocycles. The van der Waals surface area contributed by atoms with Crippen LogP contribution in [0.25, 0.3) is 32.8 Å². The van der Waals surface area contributed by atoms with Gasteiger partial charge in [0.15, 0.2) is 11.2 Å². The van der Waals surface area contributed by atoms with Gasteiger partial charge in [0, 0.05) is 35.9 Å². The van der Waals surface area contributed by atoms with Gasteiger partial charge >= 0.3 is 5.69 Å². The number of anilines is 1. The Kier molecular flexibility index (Phi) is 5.93. The van der Waals surface area contributed by atoms with Gasteiger partial charge in [-0.15, -0.1) is 5.92 Å². The Morgan fingerprint density at radius 1 is 0.950 bits per heavy atom. The lowest BCUT2D eigenvalue weighted by Crippen LogP contribution is -2.44. The van der Waals surface area contributed by atoms with Crippen LogP contribution in [-0.2, 0) is 13.1 Å². The minimum absolute atomic E-state index is 0.0280. The predicted octanol–water partition coefficient (Wildman–Crippen LogP) is 3.40. The molecule has 3 aromatic heterocycles. The van der Waals surface area contributed by atoms with Crippen LogP contribution < -0.4 is 21.9 Å². The molecule has 2 fully saturated rings. The molecule has 0 bridgehead atoms. The molecule has 0 radical (unpaired) electrons. The molecule has 1 saturated carbocycles. The number of pyridine rings is 1. The van der Waals surface area contributed by atoms with Gasteiger partial charge in [-0.2, -0.15) is 4.98 Å². The molecule has 0 amide bonds. The minimum Gasteiger partial charge on any atom is -0.341 e. The van der Waals surface area contributed by atoms with E-state index in [1.807, 2.05) is 47.0 Å². The van der Waals surface area contributed by atoms with Crippen molar-refractivity contribution < 1.29 is 0 Å². The number of rotatable bonds is 5. The number of piperidine rings is 1. The van der Waals surface area contributed by atoms with Crippen molar-refractivity contribution in [3.8, 4) is 11.8 Å². The van der Waals surface area contributed by atoms with E-state index in [1.54, 1.807) is 11.5 Å². The average molecular weight is 534 g/mol. The van der Waals surface area contributed by atoms with Gasteiger partial charge in [-0.05, 0) is 44.1 Å². The molecule has 9 nitrogen and oxygen atoms in total. The van der Waals surface area contributed by atoms with Crippen LogP contribution in [0.2, 0.25) is 0 Å². The summed E-state index contributed by atoms with van der Waals surface area (Å²) in [6.07, 6.45) is 3.67. The topological polar surface area (TPSA) is 104 Å². The lowest BCUT2D eigenvalue weighted by molar-refractivity contribution is 0.496. The fraction of sp³-hybridized carbons (Fsp3) is 0.355. The van der Waals surface area contributed by atoms with E-state index >= 15 is 0 Å². The highest BCUT2D eigenvalue weighted by atomic mass is 16.2. The van der Waals surface area contributed by atoms with E-state index in [4.69, 9.17) is 15.7 Å². The summed E-state index contributed by atoms with van der Waals surface area (Å²) in [5.74, 6) is 6.73. The summed E-state index contributed by atoms with van der Waals surface area (Å²) in [4.78, 5) is 40.3. The van der Waals surface area contributed by atoms with E-state index < -0.39 is 0 Å². The fourth-order valence-corrected chi connectivity index (χ4v) is 6.03. The summed E-state index contributed by atoms with van der Waals surface area (Å²) in [7, 11) is 0. The number of hydrogen-bond donors (Lipinski definition) is 1. The molecular weight excluding hydrogens is 502 g/mol. The Bertz CT molecular complexity index is 1970. The zero-order valence-electron chi connectivity index (χ0n) is 22.5. The molecule has 5 aromatic rings. The van der Waals surface area contributed by atoms with Gasteiger partial charge in [-0.3, -0.25) is 23.5 Å². The molecule has 7 rings (SSSR count). The zero-order valence-corrected chi connectivity index (χ0v) is 22.5. The largest absolute Gasteiger partial charge is 0.341 e. The number of imidazole rings is 1. The summed E-state index contributed by atoms with van der Waals surface area (Å²) in [6, 6.07) is 16.1. The number of hydrogen-bond acceptors (Lipinski definition) is 6. The van der Waals surface area contributed by atoms with Crippen LogP contribution in [-0.4, -0.2) is 42.8 Å². The number of nitrogens with zero attached hydrogens (tertiary/aromatic N) is 6. The normalized spacial score (nSPS) is 17.4. The van der Waals surface area contributed by atoms with Gasteiger partial charge in [-0.1, -0.05) is 48.4 Å². The van der Waals surface area contributed by atoms with Gasteiger partial charge in [0.25, 0.3) is 5.56 Å². The van der Waals surface area contributed by atoms with E-state index in [2.05, 4.69) is 22.8 Å². The van der Waals surface area contributed by atoms with Crippen molar-refractivity contribution in [3.05, 3.63) is 75.1 Å². The first-order valence-electron chi connectivity index (χ1n) is 14.0. The van der Waals surface area contributed by atoms with Gasteiger partial charge in [-0.25, -0.2) is 4.79 Å². The van der Waals surface area contributed by atoms with Crippen molar-refractivity contribution >= 4 is 38.8 Å². The van der Waals surface area contributed by atoms with Crippen LogP contribution in [0.4, 0.5) is 5.95 Å². The van der Waals surface area contributed by atoms with Crippen molar-refractivity contribution in [1.29, 1.82) is 0 Å². The minimum atomic E-state index is -0.367. The Hall–Kier alpha value is -4.42. The molecular formula is C31H31N7O2. The standard InChI is InChI=1S/C31H31N7O2/c1-2-3-17-36-27-28(34-30(36)35-16-8-9-20(32)18-35)38(21-14-15-21)31(40)37(29(27)39)19-26-24-12-5-4-10-22(24)23-11-6-7-13-25(23)33-26/h4-7,10-13,20-21H,8-9,14-19,32H2,1H3/t20-/m1/s1. The van der Waals surface area contributed by atoms with Gasteiger partial charge < -0.3 is 10.6 Å². The number of para-hydroxylation sites is 1. The first kappa shape index (κ1) is 24.6. The first-order chi connectivity index (χ1) is 19.5. The van der Waals surface area contributed by atoms with E-state index in [0.717, 1.165) is 53.9 Å². The Balaban J connectivity index is 1.48. The predicted molar refractivity (Wildman–Crippen MR) is 158 cm³/mol. The van der Waals surface area contributed by atoms with E-state index in [0.29, 0.717) is 35.9 Å². The lowest BCUT2D eigenvalue weighted by Gasteiger charge is -2.31. The molecule has 2 aliphatic rings. The van der Waals surface area contributed by atoms with Crippen LogP contribution in [0, 0.1) is 11.8 Å². The second kappa shape index (κ2) is 9.65. The molecule has 2 aromatic carbocycles. The van der Waals surface area contributed by atoms with Crippen LogP contribution in [0.1, 0.15) is 44.3 Å². The van der Waals surface area contributed by atoms with Crippen LogP contribution in [0.15, 0.2) is 58.1 Å². The second-order valence-electron chi connectivity index (χ2n) is 10.8. The molecule has 0 spiro atoms. The van der Waals surface area contributed by atoms with Crippen molar-refractivity contribution in [2.45, 2.75) is 57.8 Å². The summed E-state index contributed by atoms with van der Waals surface area (Å²) in [5, 5.41) is 3.02. The molecule has 9 heteroatoms. The summed E-state index contributed by atoms with van der Waals surface area (Å²) in [5.41, 5.74) is 7.98. The molecule has 2 N–H and O–H groups in total. The smallest absolute Gasteiger partial charge is 0.333 e. The average Bonchev–Trinajstić information content (AvgIpc) is 3.73.